The van der Waals surface area contributed by atoms with Crippen molar-refractivity contribution in [1.82, 2.24) is 9.97 Å². The van der Waals surface area contributed by atoms with Gasteiger partial charge in [-0.05, 0) is 12.1 Å². The van der Waals surface area contributed by atoms with Crippen molar-refractivity contribution in [3.63, 3.8) is 0 Å². The fourth-order valence-electron chi connectivity index (χ4n) is 1.96. The van der Waals surface area contributed by atoms with Crippen molar-refractivity contribution < 1.29 is 9.47 Å². The largest absolute Gasteiger partial charge is 0.383 e. The molecule has 108 valence electrons. The van der Waals surface area contributed by atoms with E-state index >= 15 is 0 Å². The van der Waals surface area contributed by atoms with Crippen LogP contribution in [0.4, 0.5) is 11.6 Å². The Morgan fingerprint density at radius 2 is 1.55 bits per heavy atom. The molecule has 0 saturated heterocycles. The van der Waals surface area contributed by atoms with Gasteiger partial charge in [-0.1, -0.05) is 12.1 Å². The highest BCUT2D eigenvalue weighted by Crippen LogP contribution is 2.22. The van der Waals surface area contributed by atoms with Gasteiger partial charge >= 0.3 is 0 Å². The molecular formula is C14H20N4O2. The molecule has 6 nitrogen and oxygen atoms in total. The molecule has 0 bridgehead atoms. The van der Waals surface area contributed by atoms with Gasteiger partial charge in [-0.15, -0.1) is 0 Å². The zero-order valence-corrected chi connectivity index (χ0v) is 11.9. The molecule has 0 radical (unpaired) electrons. The Labute approximate surface area is 118 Å². The molecule has 2 N–H and O–H groups in total. The number of anilines is 2. The quantitative estimate of drug-likeness (QED) is 0.822. The second-order valence-corrected chi connectivity index (χ2v) is 4.39. The molecule has 1 aromatic heterocycles. The zero-order chi connectivity index (χ0) is 14.4. The Morgan fingerprint density at radius 3 is 2.10 bits per heavy atom. The van der Waals surface area contributed by atoms with Gasteiger partial charge in [0.1, 0.15) is 0 Å². The van der Waals surface area contributed by atoms with E-state index in [1.807, 2.05) is 29.2 Å². The fraction of sp³-hybridized carbons (Fsp3) is 0.429. The lowest BCUT2D eigenvalue weighted by Crippen LogP contribution is -2.32. The molecule has 0 atom stereocenters. The molecule has 2 rings (SSSR count). The van der Waals surface area contributed by atoms with Gasteiger partial charge in [-0.3, -0.25) is 0 Å². The number of benzene rings is 1. The molecule has 0 unspecified atom stereocenters. The third kappa shape index (κ3) is 3.34. The predicted octanol–water partition coefficient (Wildman–Crippen LogP) is 1.31. The Bertz CT molecular complexity index is 554. The number of nitrogens with two attached hydrogens (primary N) is 1. The summed E-state index contributed by atoms with van der Waals surface area (Å²) in [4.78, 5) is 11.0. The highest BCUT2D eigenvalue weighted by Gasteiger charge is 2.13. The van der Waals surface area contributed by atoms with Crippen molar-refractivity contribution in [3.8, 4) is 0 Å². The summed E-state index contributed by atoms with van der Waals surface area (Å²) in [5, 5.41) is 0. The normalized spacial score (nSPS) is 10.9. The first-order chi connectivity index (χ1) is 9.76. The average Bonchev–Trinajstić information content (AvgIpc) is 2.47. The standard InChI is InChI=1S/C14H20N4O2/c1-19-9-7-18(8-10-20-2)14-13(15)16-11-5-3-4-6-12(11)17-14/h3-6H,7-10H2,1-2H3,(H2,15,16). The van der Waals surface area contributed by atoms with Crippen LogP contribution in [0.2, 0.25) is 0 Å². The summed E-state index contributed by atoms with van der Waals surface area (Å²) in [7, 11) is 3.34. The summed E-state index contributed by atoms with van der Waals surface area (Å²) in [5.41, 5.74) is 7.66. The number of fused-ring (bicyclic) bond motifs is 1. The Morgan fingerprint density at radius 1 is 1.00 bits per heavy atom. The summed E-state index contributed by atoms with van der Waals surface area (Å²) >= 11 is 0. The minimum absolute atomic E-state index is 0.427. The van der Waals surface area contributed by atoms with Crippen LogP contribution in [0, 0.1) is 0 Å². The van der Waals surface area contributed by atoms with Gasteiger partial charge in [-0.25, -0.2) is 9.97 Å². The van der Waals surface area contributed by atoms with E-state index in [1.165, 1.54) is 0 Å². The number of ether oxygens (including phenoxy) is 2. The van der Waals surface area contributed by atoms with Crippen molar-refractivity contribution in [3.05, 3.63) is 24.3 Å². The lowest BCUT2D eigenvalue weighted by molar-refractivity contribution is 0.190. The zero-order valence-electron chi connectivity index (χ0n) is 11.9. The second kappa shape index (κ2) is 7.02. The van der Waals surface area contributed by atoms with Crippen LogP contribution in [0.1, 0.15) is 0 Å². The van der Waals surface area contributed by atoms with E-state index in [2.05, 4.69) is 9.97 Å². The Balaban J connectivity index is 2.32. The lowest BCUT2D eigenvalue weighted by atomic mass is 10.3. The predicted molar refractivity (Wildman–Crippen MR) is 79.9 cm³/mol. The van der Waals surface area contributed by atoms with E-state index in [9.17, 15) is 0 Å². The summed E-state index contributed by atoms with van der Waals surface area (Å²) in [5.74, 6) is 1.11. The molecule has 0 aliphatic heterocycles. The number of aromatic nitrogens is 2. The molecule has 0 aliphatic carbocycles. The van der Waals surface area contributed by atoms with Gasteiger partial charge in [0, 0.05) is 27.3 Å². The van der Waals surface area contributed by atoms with E-state index in [4.69, 9.17) is 15.2 Å². The molecule has 0 saturated carbocycles. The summed E-state index contributed by atoms with van der Waals surface area (Å²) < 4.78 is 10.3. The molecule has 0 fully saturated rings. The molecular weight excluding hydrogens is 256 g/mol. The van der Waals surface area contributed by atoms with Gasteiger partial charge < -0.3 is 20.1 Å². The maximum absolute atomic E-state index is 6.03. The van der Waals surface area contributed by atoms with Crippen LogP contribution in [0.5, 0.6) is 0 Å². The van der Waals surface area contributed by atoms with E-state index < -0.39 is 0 Å². The van der Waals surface area contributed by atoms with Crippen LogP contribution in [-0.4, -0.2) is 50.5 Å². The van der Waals surface area contributed by atoms with Crippen LogP contribution in [0.15, 0.2) is 24.3 Å². The maximum atomic E-state index is 6.03. The van der Waals surface area contributed by atoms with Crippen LogP contribution in [-0.2, 0) is 9.47 Å². The maximum Gasteiger partial charge on any atom is 0.172 e. The van der Waals surface area contributed by atoms with E-state index in [1.54, 1.807) is 14.2 Å². The van der Waals surface area contributed by atoms with Crippen molar-refractivity contribution in [2.24, 2.45) is 0 Å². The van der Waals surface area contributed by atoms with Gasteiger partial charge in [0.15, 0.2) is 11.6 Å². The summed E-state index contributed by atoms with van der Waals surface area (Å²) in [6.07, 6.45) is 0. The van der Waals surface area contributed by atoms with Gasteiger partial charge in [0.2, 0.25) is 0 Å². The number of hydrogen-bond acceptors (Lipinski definition) is 6. The van der Waals surface area contributed by atoms with Crippen molar-refractivity contribution in [2.45, 2.75) is 0 Å². The highest BCUT2D eigenvalue weighted by molar-refractivity contribution is 5.79. The first kappa shape index (κ1) is 14.5. The third-order valence-electron chi connectivity index (χ3n) is 3.01. The van der Waals surface area contributed by atoms with Crippen molar-refractivity contribution in [2.75, 3.05) is 51.2 Å². The number of nitrogen functional groups attached to an aromatic ring is 1. The molecule has 2 aromatic rings. The molecule has 6 heteroatoms. The number of para-hydroxylation sites is 2. The van der Waals surface area contributed by atoms with Crippen LogP contribution in [0.3, 0.4) is 0 Å². The van der Waals surface area contributed by atoms with Gasteiger partial charge in [-0.2, -0.15) is 0 Å². The second-order valence-electron chi connectivity index (χ2n) is 4.39. The minimum Gasteiger partial charge on any atom is -0.383 e. The molecule has 20 heavy (non-hydrogen) atoms. The smallest absolute Gasteiger partial charge is 0.172 e. The van der Waals surface area contributed by atoms with Gasteiger partial charge in [0.25, 0.3) is 0 Å². The number of nitrogens with zero attached hydrogens (tertiary/aromatic N) is 3. The molecule has 1 aromatic carbocycles. The van der Waals surface area contributed by atoms with Gasteiger partial charge in [0.05, 0.1) is 24.2 Å². The summed E-state index contributed by atoms with van der Waals surface area (Å²) in [6.45, 7) is 2.57. The molecule has 0 aliphatic rings. The van der Waals surface area contributed by atoms with E-state index in [-0.39, 0.29) is 0 Å². The third-order valence-corrected chi connectivity index (χ3v) is 3.01. The monoisotopic (exact) mass is 276 g/mol. The van der Waals surface area contributed by atoms with E-state index in [0.717, 1.165) is 11.0 Å². The minimum atomic E-state index is 0.427. The summed E-state index contributed by atoms with van der Waals surface area (Å²) in [6, 6.07) is 7.68. The Hall–Kier alpha value is -1.92. The average molecular weight is 276 g/mol. The van der Waals surface area contributed by atoms with Crippen molar-refractivity contribution in [1.29, 1.82) is 0 Å². The first-order valence-corrected chi connectivity index (χ1v) is 6.51. The van der Waals surface area contributed by atoms with Crippen LogP contribution >= 0.6 is 0 Å². The lowest BCUT2D eigenvalue weighted by Gasteiger charge is -2.24. The molecule has 0 amide bonds. The van der Waals surface area contributed by atoms with E-state index in [0.29, 0.717) is 37.9 Å². The Kier molecular flexibility index (Phi) is 5.09. The fourth-order valence-corrected chi connectivity index (χ4v) is 1.96. The number of methoxy groups -OCH3 is 2. The van der Waals surface area contributed by atoms with Crippen LogP contribution in [0.25, 0.3) is 11.0 Å². The number of rotatable bonds is 7. The van der Waals surface area contributed by atoms with Crippen LogP contribution < -0.4 is 10.6 Å². The number of hydrogen-bond donors (Lipinski definition) is 1. The first-order valence-electron chi connectivity index (χ1n) is 6.51. The van der Waals surface area contributed by atoms with Crippen molar-refractivity contribution >= 4 is 22.7 Å². The SMILES string of the molecule is COCCN(CCOC)c1nc2ccccc2nc1N. The topological polar surface area (TPSA) is 73.5 Å². The molecule has 0 spiro atoms. The molecule has 1 heterocycles. The highest BCUT2D eigenvalue weighted by atomic mass is 16.5.